The Balaban J connectivity index is 3.01. The summed E-state index contributed by atoms with van der Waals surface area (Å²) in [6, 6.07) is 6.69. The van der Waals surface area contributed by atoms with Crippen molar-refractivity contribution in [2.75, 3.05) is 12.3 Å². The fourth-order valence-corrected chi connectivity index (χ4v) is 3.19. The summed E-state index contributed by atoms with van der Waals surface area (Å²) in [4.78, 5) is 3.39. The van der Waals surface area contributed by atoms with Crippen LogP contribution in [0.4, 0.5) is 11.4 Å². The number of fused-ring (bicyclic) bond motifs is 1. The Morgan fingerprint density at radius 3 is 2.62 bits per heavy atom. The topological polar surface area (TPSA) is 119 Å². The number of aliphatic imine (C=N–C) groups is 1. The molecule has 2 aromatic rings. The summed E-state index contributed by atoms with van der Waals surface area (Å²) in [5, 5.41) is 3.08. The van der Waals surface area contributed by atoms with Crippen molar-refractivity contribution >= 4 is 49.6 Å². The van der Waals surface area contributed by atoms with Gasteiger partial charge in [0.2, 0.25) is 0 Å². The number of hydrogen-bond donors (Lipinski definition) is 3. The molecule has 0 saturated carbocycles. The van der Waals surface area contributed by atoms with Crippen molar-refractivity contribution in [3.05, 3.63) is 29.8 Å². The summed E-state index contributed by atoms with van der Waals surface area (Å²) in [5.74, 6) is 0. The van der Waals surface area contributed by atoms with Gasteiger partial charge < -0.3 is 11.5 Å². The Morgan fingerprint density at radius 1 is 1.33 bits per heavy atom. The van der Waals surface area contributed by atoms with Gasteiger partial charge in [-0.15, -0.1) is 0 Å². The summed E-state index contributed by atoms with van der Waals surface area (Å²) in [6.45, 7) is 0.399. The number of rotatable bonds is 4. The van der Waals surface area contributed by atoms with Crippen molar-refractivity contribution in [3.63, 3.8) is 0 Å². The van der Waals surface area contributed by atoms with Crippen LogP contribution in [0.25, 0.3) is 10.8 Å². The van der Waals surface area contributed by atoms with E-state index in [1.807, 2.05) is 6.07 Å². The molecule has 0 fully saturated rings. The quantitative estimate of drug-likeness (QED) is 0.342. The highest BCUT2D eigenvalue weighted by Crippen LogP contribution is 2.37. The standard InChI is InChI=1S/C13H13N3O3S2/c14-5-4-8-2-1-3-9-10(8)6-11(16-7-20)12(15)13(9)21(17,18)19/h1-3,6H,4-5,14-15H2,(H,17,18,19). The van der Waals surface area contributed by atoms with Gasteiger partial charge in [-0.25, -0.2) is 0 Å². The van der Waals surface area contributed by atoms with E-state index in [1.54, 1.807) is 18.2 Å². The minimum absolute atomic E-state index is 0.148. The van der Waals surface area contributed by atoms with Crippen molar-refractivity contribution in [1.82, 2.24) is 0 Å². The number of anilines is 1. The third-order valence-corrected chi connectivity index (χ3v) is 4.13. The molecule has 2 rings (SSSR count). The van der Waals surface area contributed by atoms with E-state index in [4.69, 9.17) is 11.5 Å². The molecule has 0 aliphatic heterocycles. The van der Waals surface area contributed by atoms with Crippen LogP contribution in [-0.2, 0) is 16.5 Å². The Labute approximate surface area is 127 Å². The molecular formula is C13H13N3O3S2. The van der Waals surface area contributed by atoms with E-state index in [0.29, 0.717) is 23.7 Å². The maximum atomic E-state index is 11.7. The van der Waals surface area contributed by atoms with Crippen molar-refractivity contribution in [3.8, 4) is 0 Å². The summed E-state index contributed by atoms with van der Waals surface area (Å²) in [5.41, 5.74) is 12.2. The molecule has 0 saturated heterocycles. The van der Waals surface area contributed by atoms with E-state index in [-0.39, 0.29) is 16.3 Å². The lowest BCUT2D eigenvalue weighted by Crippen LogP contribution is -2.07. The van der Waals surface area contributed by atoms with Gasteiger partial charge in [0.15, 0.2) is 0 Å². The lowest BCUT2D eigenvalue weighted by Gasteiger charge is -2.12. The van der Waals surface area contributed by atoms with E-state index < -0.39 is 10.1 Å². The highest BCUT2D eigenvalue weighted by molar-refractivity contribution is 7.86. The van der Waals surface area contributed by atoms with Crippen LogP contribution in [0.5, 0.6) is 0 Å². The van der Waals surface area contributed by atoms with E-state index in [2.05, 4.69) is 22.4 Å². The lowest BCUT2D eigenvalue weighted by atomic mass is 10.0. The van der Waals surface area contributed by atoms with Gasteiger partial charge in [0.1, 0.15) is 4.90 Å². The molecule has 8 heteroatoms. The first-order valence-corrected chi connectivity index (χ1v) is 7.84. The monoisotopic (exact) mass is 323 g/mol. The molecule has 2 aromatic carbocycles. The number of thiocarbonyl (C=S) groups is 1. The van der Waals surface area contributed by atoms with Gasteiger partial charge in [-0.05, 0) is 42.2 Å². The first kappa shape index (κ1) is 15.6. The number of isothiocyanates is 1. The number of nitrogens with two attached hydrogens (primary N) is 2. The van der Waals surface area contributed by atoms with Crippen molar-refractivity contribution < 1.29 is 13.0 Å². The summed E-state index contributed by atoms with van der Waals surface area (Å²) in [7, 11) is -4.51. The molecule has 21 heavy (non-hydrogen) atoms. The summed E-state index contributed by atoms with van der Waals surface area (Å²) >= 11 is 4.53. The van der Waals surface area contributed by atoms with Crippen LogP contribution in [0.2, 0.25) is 0 Å². The average Bonchev–Trinajstić information content (AvgIpc) is 2.39. The molecule has 0 spiro atoms. The molecule has 6 nitrogen and oxygen atoms in total. The van der Waals surface area contributed by atoms with Gasteiger partial charge in [-0.1, -0.05) is 18.2 Å². The van der Waals surface area contributed by atoms with Gasteiger partial charge in [-0.3, -0.25) is 4.55 Å². The summed E-state index contributed by atoms with van der Waals surface area (Å²) in [6.07, 6.45) is 0.549. The van der Waals surface area contributed by atoms with Gasteiger partial charge in [0.25, 0.3) is 10.1 Å². The first-order chi connectivity index (χ1) is 9.90. The maximum Gasteiger partial charge on any atom is 0.297 e. The summed E-state index contributed by atoms with van der Waals surface area (Å²) < 4.78 is 32.8. The predicted molar refractivity (Wildman–Crippen MR) is 85.6 cm³/mol. The highest BCUT2D eigenvalue weighted by Gasteiger charge is 2.22. The molecule has 0 heterocycles. The van der Waals surface area contributed by atoms with Crippen LogP contribution in [0.3, 0.4) is 0 Å². The number of hydrogen-bond acceptors (Lipinski definition) is 6. The average molecular weight is 323 g/mol. The molecule has 0 aliphatic rings. The van der Waals surface area contributed by atoms with Gasteiger partial charge in [0, 0.05) is 5.39 Å². The van der Waals surface area contributed by atoms with Crippen LogP contribution in [0.15, 0.2) is 34.2 Å². The van der Waals surface area contributed by atoms with Crippen LogP contribution in [0.1, 0.15) is 5.56 Å². The SMILES string of the molecule is NCCc1cccc2c(S(=O)(=O)O)c(N)c(N=C=S)cc12. The lowest BCUT2D eigenvalue weighted by molar-refractivity contribution is 0.484. The van der Waals surface area contributed by atoms with Gasteiger partial charge in [-0.2, -0.15) is 13.4 Å². The Bertz CT molecular complexity index is 857. The van der Waals surface area contributed by atoms with Gasteiger partial charge >= 0.3 is 0 Å². The highest BCUT2D eigenvalue weighted by atomic mass is 32.2. The van der Waals surface area contributed by atoms with Crippen molar-refractivity contribution in [1.29, 1.82) is 0 Å². The Kier molecular flexibility index (Phi) is 4.36. The molecule has 0 aliphatic carbocycles. The normalized spacial score (nSPS) is 11.3. The minimum atomic E-state index is -4.51. The largest absolute Gasteiger partial charge is 0.396 e. The second-order valence-electron chi connectivity index (χ2n) is 4.37. The van der Waals surface area contributed by atoms with Crippen molar-refractivity contribution in [2.45, 2.75) is 11.3 Å². The minimum Gasteiger partial charge on any atom is -0.396 e. The van der Waals surface area contributed by atoms with Crippen LogP contribution >= 0.6 is 12.2 Å². The fourth-order valence-electron chi connectivity index (χ4n) is 2.25. The van der Waals surface area contributed by atoms with E-state index in [0.717, 1.165) is 5.56 Å². The number of benzene rings is 2. The Hall–Kier alpha value is -1.83. The second kappa shape index (κ2) is 5.88. The second-order valence-corrected chi connectivity index (χ2v) is 5.91. The zero-order valence-corrected chi connectivity index (χ0v) is 12.5. The van der Waals surface area contributed by atoms with Gasteiger partial charge in [0.05, 0.1) is 16.5 Å². The maximum absolute atomic E-state index is 11.7. The van der Waals surface area contributed by atoms with E-state index in [9.17, 15) is 13.0 Å². The molecule has 0 unspecified atom stereocenters. The molecule has 0 bridgehead atoms. The smallest absolute Gasteiger partial charge is 0.297 e. The predicted octanol–water partition coefficient (Wildman–Crippen LogP) is 1.90. The molecule has 0 atom stereocenters. The third kappa shape index (κ3) is 2.94. The zero-order valence-electron chi connectivity index (χ0n) is 10.9. The molecule has 5 N–H and O–H groups in total. The molecule has 0 aromatic heterocycles. The molecule has 110 valence electrons. The van der Waals surface area contributed by atoms with Crippen LogP contribution in [-0.4, -0.2) is 24.7 Å². The van der Waals surface area contributed by atoms with E-state index >= 15 is 0 Å². The van der Waals surface area contributed by atoms with Crippen LogP contribution in [0, 0.1) is 0 Å². The van der Waals surface area contributed by atoms with Crippen LogP contribution < -0.4 is 11.5 Å². The fraction of sp³-hybridized carbons (Fsp3) is 0.154. The molecular weight excluding hydrogens is 310 g/mol. The number of nitrogens with zero attached hydrogens (tertiary/aromatic N) is 1. The number of nitrogen functional groups attached to an aromatic ring is 1. The molecule has 0 radical (unpaired) electrons. The third-order valence-electron chi connectivity index (χ3n) is 3.08. The first-order valence-electron chi connectivity index (χ1n) is 5.99. The van der Waals surface area contributed by atoms with Crippen molar-refractivity contribution in [2.24, 2.45) is 10.7 Å². The van der Waals surface area contributed by atoms with E-state index in [1.165, 1.54) is 0 Å². The Morgan fingerprint density at radius 2 is 2.05 bits per heavy atom. The zero-order chi connectivity index (χ0) is 15.6. The molecule has 0 amide bonds.